The van der Waals surface area contributed by atoms with Gasteiger partial charge in [-0.1, -0.05) is 19.1 Å². The third-order valence-corrected chi connectivity index (χ3v) is 3.97. The number of aromatic amines is 1. The molecule has 1 aromatic heterocycles. The Balaban J connectivity index is 1.94. The fraction of sp³-hybridized carbons (Fsp3) is 0.636. The molecule has 110 valence electrons. The van der Waals surface area contributed by atoms with Gasteiger partial charge in [-0.2, -0.15) is 0 Å². The first kappa shape index (κ1) is 13.6. The van der Waals surface area contributed by atoms with Crippen LogP contribution in [0.15, 0.2) is 0 Å². The number of aliphatic hydroxyl groups excluding tert-OH is 2. The summed E-state index contributed by atoms with van der Waals surface area (Å²) >= 11 is 5.14. The van der Waals surface area contributed by atoms with Crippen LogP contribution in [-0.2, 0) is 4.74 Å². The standard InChI is InChI=1S/C11H17N5O3S/c1-2-4-6(17)7(18)10(19-4)16-3-13-5-8(16)14-11(12)15-9(5)20/h4,6-7,10,13,17-18H,2-3H2,1H3,(H3,12,14,15,20). The SMILES string of the molecule is CCC1OC(N2CNc3c2[nH]c(N)nc3=S)C(O)C1O. The number of nitrogens with one attached hydrogen (secondary N) is 2. The van der Waals surface area contributed by atoms with Gasteiger partial charge in [0.25, 0.3) is 0 Å². The maximum atomic E-state index is 10.2. The van der Waals surface area contributed by atoms with Gasteiger partial charge in [0, 0.05) is 0 Å². The Kier molecular flexibility index (Phi) is 3.28. The molecule has 4 unspecified atom stereocenters. The normalized spacial score (nSPS) is 32.2. The van der Waals surface area contributed by atoms with E-state index in [2.05, 4.69) is 15.3 Å². The lowest BCUT2D eigenvalue weighted by Gasteiger charge is -2.27. The summed E-state index contributed by atoms with van der Waals surface area (Å²) in [5, 5.41) is 23.2. The molecule has 0 aromatic carbocycles. The van der Waals surface area contributed by atoms with Crippen LogP contribution in [0.25, 0.3) is 0 Å². The van der Waals surface area contributed by atoms with Crippen LogP contribution in [0.2, 0.25) is 0 Å². The molecule has 6 N–H and O–H groups in total. The summed E-state index contributed by atoms with van der Waals surface area (Å²) in [7, 11) is 0. The lowest BCUT2D eigenvalue weighted by Crippen LogP contribution is -2.44. The molecule has 0 radical (unpaired) electrons. The number of ether oxygens (including phenoxy) is 1. The third kappa shape index (κ3) is 1.94. The molecule has 20 heavy (non-hydrogen) atoms. The minimum atomic E-state index is -0.996. The molecule has 0 aliphatic carbocycles. The summed E-state index contributed by atoms with van der Waals surface area (Å²) in [5.41, 5.74) is 6.32. The number of hydrogen-bond donors (Lipinski definition) is 5. The van der Waals surface area contributed by atoms with Gasteiger partial charge in [-0.3, -0.25) is 0 Å². The number of H-pyrrole nitrogens is 1. The summed E-state index contributed by atoms with van der Waals surface area (Å²) in [6, 6.07) is 0. The van der Waals surface area contributed by atoms with Crippen LogP contribution in [-0.4, -0.2) is 51.4 Å². The molecule has 0 spiro atoms. The van der Waals surface area contributed by atoms with Crippen molar-refractivity contribution in [2.45, 2.75) is 37.9 Å². The zero-order valence-corrected chi connectivity index (χ0v) is 11.7. The van der Waals surface area contributed by atoms with E-state index in [-0.39, 0.29) is 12.1 Å². The zero-order chi connectivity index (χ0) is 14.4. The zero-order valence-electron chi connectivity index (χ0n) is 10.9. The maximum absolute atomic E-state index is 10.2. The molecule has 9 heteroatoms. The molecule has 8 nitrogen and oxygen atoms in total. The van der Waals surface area contributed by atoms with Gasteiger partial charge in [0.1, 0.15) is 23.7 Å². The van der Waals surface area contributed by atoms with E-state index in [9.17, 15) is 10.2 Å². The first-order valence-corrected chi connectivity index (χ1v) is 6.85. The minimum Gasteiger partial charge on any atom is -0.388 e. The van der Waals surface area contributed by atoms with Gasteiger partial charge in [0.05, 0.1) is 12.8 Å². The average Bonchev–Trinajstić information content (AvgIpc) is 2.93. The van der Waals surface area contributed by atoms with Crippen LogP contribution < -0.4 is 16.0 Å². The monoisotopic (exact) mass is 299 g/mol. The predicted octanol–water partition coefficient (Wildman–Crippen LogP) is -0.233. The molecular weight excluding hydrogens is 282 g/mol. The summed E-state index contributed by atoms with van der Waals surface area (Å²) in [6.45, 7) is 2.29. The van der Waals surface area contributed by atoms with Crippen molar-refractivity contribution in [3.05, 3.63) is 4.64 Å². The van der Waals surface area contributed by atoms with Crippen LogP contribution in [0.5, 0.6) is 0 Å². The van der Waals surface area contributed by atoms with E-state index >= 15 is 0 Å². The molecule has 1 aromatic rings. The number of nitrogens with zero attached hydrogens (tertiary/aromatic N) is 2. The van der Waals surface area contributed by atoms with Crippen molar-refractivity contribution in [1.29, 1.82) is 0 Å². The maximum Gasteiger partial charge on any atom is 0.200 e. The van der Waals surface area contributed by atoms with Crippen LogP contribution in [0.3, 0.4) is 0 Å². The summed E-state index contributed by atoms with van der Waals surface area (Å²) < 4.78 is 6.09. The van der Waals surface area contributed by atoms with Gasteiger partial charge in [-0.25, -0.2) is 4.98 Å². The Hall–Kier alpha value is -1.42. The van der Waals surface area contributed by atoms with Crippen molar-refractivity contribution < 1.29 is 14.9 Å². The average molecular weight is 299 g/mol. The highest BCUT2D eigenvalue weighted by molar-refractivity contribution is 7.71. The third-order valence-electron chi connectivity index (χ3n) is 3.68. The van der Waals surface area contributed by atoms with Crippen LogP contribution >= 0.6 is 12.2 Å². The van der Waals surface area contributed by atoms with E-state index in [0.29, 0.717) is 29.2 Å². The first-order valence-electron chi connectivity index (χ1n) is 6.44. The van der Waals surface area contributed by atoms with Crippen molar-refractivity contribution in [3.63, 3.8) is 0 Å². The second-order valence-electron chi connectivity index (χ2n) is 4.91. The van der Waals surface area contributed by atoms with Crippen molar-refractivity contribution in [1.82, 2.24) is 9.97 Å². The first-order chi connectivity index (χ1) is 9.52. The number of fused-ring (bicyclic) bond motifs is 1. The van der Waals surface area contributed by atoms with E-state index in [4.69, 9.17) is 22.7 Å². The topological polar surface area (TPSA) is 120 Å². The number of aliphatic hydroxyl groups is 2. The van der Waals surface area contributed by atoms with Gasteiger partial charge in [0.2, 0.25) is 0 Å². The van der Waals surface area contributed by atoms with Crippen molar-refractivity contribution in [2.24, 2.45) is 0 Å². The summed E-state index contributed by atoms with van der Waals surface area (Å²) in [6.07, 6.45) is -2.32. The largest absolute Gasteiger partial charge is 0.388 e. The molecule has 1 fully saturated rings. The number of nitrogens with two attached hydrogens (primary N) is 1. The van der Waals surface area contributed by atoms with Crippen LogP contribution in [0.4, 0.5) is 17.5 Å². The molecule has 3 rings (SSSR count). The predicted molar refractivity (Wildman–Crippen MR) is 75.8 cm³/mol. The second-order valence-corrected chi connectivity index (χ2v) is 5.30. The van der Waals surface area contributed by atoms with Crippen molar-refractivity contribution >= 4 is 29.7 Å². The number of rotatable bonds is 2. The Morgan fingerprint density at radius 1 is 1.50 bits per heavy atom. The smallest absolute Gasteiger partial charge is 0.200 e. The minimum absolute atomic E-state index is 0.197. The van der Waals surface area contributed by atoms with Crippen molar-refractivity contribution in [3.8, 4) is 0 Å². The fourth-order valence-electron chi connectivity index (χ4n) is 2.64. The molecule has 0 bridgehead atoms. The number of anilines is 3. The Labute approximate surface area is 120 Å². The lowest BCUT2D eigenvalue weighted by molar-refractivity contribution is 0.00626. The van der Waals surface area contributed by atoms with E-state index < -0.39 is 18.4 Å². The fourth-order valence-corrected chi connectivity index (χ4v) is 2.91. The molecule has 0 saturated carbocycles. The van der Waals surface area contributed by atoms with E-state index in [1.807, 2.05) is 6.92 Å². The van der Waals surface area contributed by atoms with E-state index in [1.54, 1.807) is 4.90 Å². The summed E-state index contributed by atoms with van der Waals surface area (Å²) in [4.78, 5) is 8.64. The Morgan fingerprint density at radius 2 is 2.25 bits per heavy atom. The van der Waals surface area contributed by atoms with Gasteiger partial charge in [-0.05, 0) is 6.42 Å². The van der Waals surface area contributed by atoms with Crippen LogP contribution in [0, 0.1) is 4.64 Å². The molecule has 2 aliphatic heterocycles. The molecule has 0 amide bonds. The number of nitrogen functional groups attached to an aromatic ring is 1. The Morgan fingerprint density at radius 3 is 2.90 bits per heavy atom. The van der Waals surface area contributed by atoms with Gasteiger partial charge in [0.15, 0.2) is 16.8 Å². The summed E-state index contributed by atoms with van der Waals surface area (Å²) in [5.74, 6) is 0.818. The number of hydrogen-bond acceptors (Lipinski definition) is 8. The highest BCUT2D eigenvalue weighted by Crippen LogP contribution is 2.36. The Bertz CT molecular complexity index is 580. The quantitative estimate of drug-likeness (QED) is 0.475. The molecule has 1 saturated heterocycles. The lowest BCUT2D eigenvalue weighted by atomic mass is 10.1. The molecule has 3 heterocycles. The second kappa shape index (κ2) is 4.85. The molecular formula is C11H17N5O3S. The molecule has 2 aliphatic rings. The van der Waals surface area contributed by atoms with Gasteiger partial charge in [-0.15, -0.1) is 0 Å². The highest BCUT2D eigenvalue weighted by Gasteiger charge is 2.46. The van der Waals surface area contributed by atoms with Gasteiger partial charge < -0.3 is 35.9 Å². The van der Waals surface area contributed by atoms with Gasteiger partial charge >= 0.3 is 0 Å². The van der Waals surface area contributed by atoms with E-state index in [1.165, 1.54) is 0 Å². The highest BCUT2D eigenvalue weighted by atomic mass is 32.1. The van der Waals surface area contributed by atoms with Crippen LogP contribution in [0.1, 0.15) is 13.3 Å². The van der Waals surface area contributed by atoms with E-state index in [0.717, 1.165) is 0 Å². The molecule has 4 atom stereocenters. The van der Waals surface area contributed by atoms with Crippen molar-refractivity contribution in [2.75, 3.05) is 22.6 Å². The number of aromatic nitrogens is 2.